The third kappa shape index (κ3) is 5.00. The molecule has 2 rings (SSSR count). The third-order valence-electron chi connectivity index (χ3n) is 4.30. The summed E-state index contributed by atoms with van der Waals surface area (Å²) in [5, 5.41) is 20.3. The van der Waals surface area contributed by atoms with Gasteiger partial charge in [0.25, 0.3) is 0 Å². The van der Waals surface area contributed by atoms with Gasteiger partial charge in [0.2, 0.25) is 0 Å². The summed E-state index contributed by atoms with van der Waals surface area (Å²) in [6, 6.07) is 13.0. The number of hydrogen-bond donors (Lipinski definition) is 2. The average molecular weight is 358 g/mol. The zero-order valence-corrected chi connectivity index (χ0v) is 15.4. The van der Waals surface area contributed by atoms with Gasteiger partial charge < -0.3 is 24.4 Å². The number of hydrogen-bond acceptors (Lipinski definition) is 5. The van der Waals surface area contributed by atoms with E-state index in [0.29, 0.717) is 23.5 Å². The van der Waals surface area contributed by atoms with E-state index >= 15 is 0 Å². The number of aliphatic hydroxyl groups is 2. The molecule has 0 saturated heterocycles. The smallest absolute Gasteiger partial charge is 0.161 e. The summed E-state index contributed by atoms with van der Waals surface area (Å²) in [6.45, 7) is -0.123. The van der Waals surface area contributed by atoms with Gasteiger partial charge in [-0.25, -0.2) is 0 Å². The van der Waals surface area contributed by atoms with Crippen LogP contribution in [-0.2, 0) is 0 Å². The van der Waals surface area contributed by atoms with Crippen LogP contribution < -0.4 is 14.2 Å². The van der Waals surface area contributed by atoms with Gasteiger partial charge in [-0.3, -0.25) is 0 Å². The van der Waals surface area contributed by atoms with E-state index in [2.05, 4.69) is 0 Å². The number of methoxy groups -OCH3 is 3. The first kappa shape index (κ1) is 19.8. The SMILES string of the molecule is COc1ccc(/C=C/C[C@H](CO)[C@H](O)c2ccc(OC)c(OC)c2)cc1. The Labute approximate surface area is 154 Å². The van der Waals surface area contributed by atoms with E-state index in [4.69, 9.17) is 14.2 Å². The third-order valence-corrected chi connectivity index (χ3v) is 4.30. The van der Waals surface area contributed by atoms with Gasteiger partial charge in [0, 0.05) is 12.5 Å². The summed E-state index contributed by atoms with van der Waals surface area (Å²) >= 11 is 0. The second kappa shape index (κ2) is 9.85. The molecular formula is C21H26O5. The maximum Gasteiger partial charge on any atom is 0.161 e. The Bertz CT molecular complexity index is 709. The molecule has 0 bridgehead atoms. The lowest BCUT2D eigenvalue weighted by Gasteiger charge is -2.21. The van der Waals surface area contributed by atoms with Crippen LogP contribution in [0.2, 0.25) is 0 Å². The summed E-state index contributed by atoms with van der Waals surface area (Å²) in [5.41, 5.74) is 1.71. The number of ether oxygens (including phenoxy) is 3. The van der Waals surface area contributed by atoms with Crippen LogP contribution in [0.3, 0.4) is 0 Å². The summed E-state index contributed by atoms with van der Waals surface area (Å²) < 4.78 is 15.6. The van der Waals surface area contributed by atoms with Crippen LogP contribution in [0, 0.1) is 5.92 Å². The van der Waals surface area contributed by atoms with E-state index in [9.17, 15) is 10.2 Å². The van der Waals surface area contributed by atoms with Crippen LogP contribution in [0.15, 0.2) is 48.5 Å². The molecule has 0 aromatic heterocycles. The lowest BCUT2D eigenvalue weighted by molar-refractivity contribution is 0.0682. The molecule has 0 amide bonds. The van der Waals surface area contributed by atoms with Crippen LogP contribution in [0.1, 0.15) is 23.7 Å². The van der Waals surface area contributed by atoms with Gasteiger partial charge in [0.1, 0.15) is 5.75 Å². The topological polar surface area (TPSA) is 68.2 Å². The van der Waals surface area contributed by atoms with Crippen LogP contribution in [0.5, 0.6) is 17.2 Å². The van der Waals surface area contributed by atoms with Gasteiger partial charge >= 0.3 is 0 Å². The quantitative estimate of drug-likeness (QED) is 0.718. The predicted molar refractivity (Wildman–Crippen MR) is 102 cm³/mol. The molecule has 0 saturated carbocycles. The van der Waals surface area contributed by atoms with E-state index in [0.717, 1.165) is 11.3 Å². The van der Waals surface area contributed by atoms with Crippen molar-refractivity contribution in [3.8, 4) is 17.2 Å². The maximum atomic E-state index is 10.6. The minimum Gasteiger partial charge on any atom is -0.497 e. The summed E-state index contributed by atoms with van der Waals surface area (Å²) in [4.78, 5) is 0. The fourth-order valence-corrected chi connectivity index (χ4v) is 2.71. The van der Waals surface area contributed by atoms with Crippen molar-refractivity contribution in [3.63, 3.8) is 0 Å². The molecule has 0 spiro atoms. The van der Waals surface area contributed by atoms with Gasteiger partial charge in [-0.1, -0.05) is 30.4 Å². The highest BCUT2D eigenvalue weighted by atomic mass is 16.5. The second-order valence-electron chi connectivity index (χ2n) is 5.91. The van der Waals surface area contributed by atoms with E-state index in [1.54, 1.807) is 39.5 Å². The summed E-state index contributed by atoms with van der Waals surface area (Å²) in [7, 11) is 4.75. The molecule has 5 nitrogen and oxygen atoms in total. The molecule has 2 atom stereocenters. The molecule has 2 N–H and O–H groups in total. The average Bonchev–Trinajstić information content (AvgIpc) is 2.70. The number of aliphatic hydroxyl groups excluding tert-OH is 2. The molecule has 0 aliphatic rings. The van der Waals surface area contributed by atoms with Crippen LogP contribution in [0.4, 0.5) is 0 Å². The Balaban J connectivity index is 2.05. The van der Waals surface area contributed by atoms with Gasteiger partial charge in [-0.2, -0.15) is 0 Å². The number of rotatable bonds is 9. The van der Waals surface area contributed by atoms with E-state index in [1.807, 2.05) is 36.4 Å². The van der Waals surface area contributed by atoms with Crippen LogP contribution >= 0.6 is 0 Å². The molecule has 0 radical (unpaired) electrons. The first-order valence-electron chi connectivity index (χ1n) is 8.44. The summed E-state index contributed by atoms with van der Waals surface area (Å²) in [5.74, 6) is 1.64. The largest absolute Gasteiger partial charge is 0.497 e. The summed E-state index contributed by atoms with van der Waals surface area (Å²) in [6.07, 6.45) is 3.65. The Kier molecular flexibility index (Phi) is 7.51. The van der Waals surface area contributed by atoms with Gasteiger partial charge in [0.05, 0.1) is 27.4 Å². The van der Waals surface area contributed by atoms with Crippen molar-refractivity contribution in [2.45, 2.75) is 12.5 Å². The van der Waals surface area contributed by atoms with Crippen molar-refractivity contribution in [2.75, 3.05) is 27.9 Å². The zero-order valence-electron chi connectivity index (χ0n) is 15.4. The Morgan fingerprint density at radius 3 is 2.19 bits per heavy atom. The molecule has 0 aliphatic heterocycles. The van der Waals surface area contributed by atoms with Gasteiger partial charge in [0.15, 0.2) is 11.5 Å². The Hall–Kier alpha value is -2.50. The number of allylic oxidation sites excluding steroid dienone is 1. The van der Waals surface area contributed by atoms with Gasteiger partial charge in [-0.15, -0.1) is 0 Å². The monoisotopic (exact) mass is 358 g/mol. The van der Waals surface area contributed by atoms with E-state index in [-0.39, 0.29) is 12.5 Å². The minimum atomic E-state index is -0.805. The predicted octanol–water partition coefficient (Wildman–Crippen LogP) is 3.46. The first-order chi connectivity index (χ1) is 12.6. The lowest BCUT2D eigenvalue weighted by Crippen LogP contribution is -2.16. The fraction of sp³-hybridized carbons (Fsp3) is 0.333. The fourth-order valence-electron chi connectivity index (χ4n) is 2.71. The Morgan fingerprint density at radius 1 is 0.923 bits per heavy atom. The molecule has 2 aromatic carbocycles. The second-order valence-corrected chi connectivity index (χ2v) is 5.91. The lowest BCUT2D eigenvalue weighted by atomic mass is 9.93. The molecule has 140 valence electrons. The zero-order chi connectivity index (χ0) is 18.9. The van der Waals surface area contributed by atoms with Crippen molar-refractivity contribution in [3.05, 3.63) is 59.7 Å². The molecule has 0 aliphatic carbocycles. The van der Waals surface area contributed by atoms with E-state index in [1.165, 1.54) is 0 Å². The van der Waals surface area contributed by atoms with Gasteiger partial charge in [-0.05, 0) is 41.8 Å². The molecule has 2 aromatic rings. The van der Waals surface area contributed by atoms with Crippen molar-refractivity contribution in [1.29, 1.82) is 0 Å². The number of benzene rings is 2. The standard InChI is InChI=1S/C21H26O5/c1-24-18-10-7-15(8-11-18)5-4-6-17(14-22)21(23)16-9-12-19(25-2)20(13-16)26-3/h4-5,7-13,17,21-23H,6,14H2,1-3H3/b5-4+/t17-,21-/m1/s1. The normalized spacial score (nSPS) is 13.4. The molecule has 26 heavy (non-hydrogen) atoms. The van der Waals surface area contributed by atoms with Crippen LogP contribution in [-0.4, -0.2) is 38.1 Å². The highest BCUT2D eigenvalue weighted by Crippen LogP contribution is 2.33. The van der Waals surface area contributed by atoms with Crippen LogP contribution in [0.25, 0.3) is 6.08 Å². The molecule has 0 heterocycles. The maximum absolute atomic E-state index is 10.6. The molecule has 5 heteroatoms. The highest BCUT2D eigenvalue weighted by Gasteiger charge is 2.20. The molecule has 0 unspecified atom stereocenters. The minimum absolute atomic E-state index is 0.123. The van der Waals surface area contributed by atoms with Crippen molar-refractivity contribution in [2.24, 2.45) is 5.92 Å². The molecular weight excluding hydrogens is 332 g/mol. The van der Waals surface area contributed by atoms with Crippen molar-refractivity contribution >= 4 is 6.08 Å². The first-order valence-corrected chi connectivity index (χ1v) is 8.44. The van der Waals surface area contributed by atoms with Crippen molar-refractivity contribution < 1.29 is 24.4 Å². The highest BCUT2D eigenvalue weighted by molar-refractivity contribution is 5.50. The molecule has 0 fully saturated rings. The van der Waals surface area contributed by atoms with E-state index < -0.39 is 6.10 Å². The van der Waals surface area contributed by atoms with Crippen molar-refractivity contribution in [1.82, 2.24) is 0 Å². The Morgan fingerprint density at radius 2 is 1.62 bits per heavy atom.